The van der Waals surface area contributed by atoms with E-state index in [0.29, 0.717) is 4.21 Å². The molecule has 0 atom stereocenters. The first-order valence-electron chi connectivity index (χ1n) is 8.20. The normalized spacial score (nSPS) is 16.5. The van der Waals surface area contributed by atoms with E-state index in [2.05, 4.69) is 21.5 Å². The second kappa shape index (κ2) is 7.21. The molecule has 1 aliphatic rings. The van der Waals surface area contributed by atoms with Crippen molar-refractivity contribution in [2.45, 2.75) is 37.4 Å². The molecule has 130 valence electrons. The second-order valence-electron chi connectivity index (χ2n) is 6.38. The summed E-state index contributed by atoms with van der Waals surface area (Å²) >= 11 is 1.28. The molecule has 0 radical (unpaired) electrons. The van der Waals surface area contributed by atoms with Crippen molar-refractivity contribution in [3.05, 3.63) is 40.9 Å². The number of hydrogen-bond acceptors (Lipinski definition) is 5. The Kier molecular flexibility index (Phi) is 5.22. The van der Waals surface area contributed by atoms with E-state index in [4.69, 9.17) is 0 Å². The Balaban J connectivity index is 1.60. The standard InChI is InChI=1S/C17H23N3O2S2/c1-13-7-9-20(10-8-13)16-5-4-15(11-18-16)12-19-24(21,22)17-6-3-14(2)23-17/h3-6,11,13,19H,7-10,12H2,1-2H3. The lowest BCUT2D eigenvalue weighted by atomic mass is 9.99. The summed E-state index contributed by atoms with van der Waals surface area (Å²) in [5.41, 5.74) is 0.862. The van der Waals surface area contributed by atoms with E-state index in [1.165, 1.54) is 24.2 Å². The summed E-state index contributed by atoms with van der Waals surface area (Å²) in [6.07, 6.45) is 4.16. The van der Waals surface area contributed by atoms with Gasteiger partial charge in [0.2, 0.25) is 10.0 Å². The van der Waals surface area contributed by atoms with Gasteiger partial charge >= 0.3 is 0 Å². The van der Waals surface area contributed by atoms with Crippen molar-refractivity contribution in [1.82, 2.24) is 9.71 Å². The molecule has 0 saturated carbocycles. The average Bonchev–Trinajstić information content (AvgIpc) is 3.02. The Morgan fingerprint density at radius 1 is 1.25 bits per heavy atom. The Labute approximate surface area is 147 Å². The quantitative estimate of drug-likeness (QED) is 0.884. The fraction of sp³-hybridized carbons (Fsp3) is 0.471. The van der Waals surface area contributed by atoms with E-state index in [-0.39, 0.29) is 6.54 Å². The first-order chi connectivity index (χ1) is 11.4. The number of piperidine rings is 1. The van der Waals surface area contributed by atoms with Gasteiger partial charge in [-0.3, -0.25) is 0 Å². The topological polar surface area (TPSA) is 62.3 Å². The molecule has 3 heterocycles. The van der Waals surface area contributed by atoms with Gasteiger partial charge in [-0.15, -0.1) is 11.3 Å². The van der Waals surface area contributed by atoms with Crippen LogP contribution < -0.4 is 9.62 Å². The molecule has 0 aromatic carbocycles. The number of nitrogens with zero attached hydrogens (tertiary/aromatic N) is 2. The van der Waals surface area contributed by atoms with E-state index in [1.807, 2.05) is 25.1 Å². The first-order valence-corrected chi connectivity index (χ1v) is 10.5. The predicted octanol–water partition coefficient (Wildman–Crippen LogP) is 3.17. The van der Waals surface area contributed by atoms with Crippen molar-refractivity contribution < 1.29 is 8.42 Å². The Morgan fingerprint density at radius 3 is 2.58 bits per heavy atom. The maximum absolute atomic E-state index is 12.2. The summed E-state index contributed by atoms with van der Waals surface area (Å²) in [5, 5.41) is 0. The lowest BCUT2D eigenvalue weighted by molar-refractivity contribution is 0.436. The van der Waals surface area contributed by atoms with Crippen LogP contribution in [0.5, 0.6) is 0 Å². The molecule has 2 aromatic heterocycles. The van der Waals surface area contributed by atoms with Crippen molar-refractivity contribution in [2.24, 2.45) is 5.92 Å². The van der Waals surface area contributed by atoms with Crippen LogP contribution in [0, 0.1) is 12.8 Å². The molecule has 1 saturated heterocycles. The van der Waals surface area contributed by atoms with Crippen LogP contribution in [0.2, 0.25) is 0 Å². The lowest BCUT2D eigenvalue weighted by Crippen LogP contribution is -2.33. The van der Waals surface area contributed by atoms with Crippen molar-refractivity contribution in [3.63, 3.8) is 0 Å². The van der Waals surface area contributed by atoms with E-state index in [9.17, 15) is 8.42 Å². The molecule has 24 heavy (non-hydrogen) atoms. The monoisotopic (exact) mass is 365 g/mol. The van der Waals surface area contributed by atoms with Crippen LogP contribution in [0.4, 0.5) is 5.82 Å². The van der Waals surface area contributed by atoms with Gasteiger partial charge in [0.1, 0.15) is 10.0 Å². The van der Waals surface area contributed by atoms with Gasteiger partial charge in [0, 0.05) is 30.7 Å². The Hall–Kier alpha value is -1.44. The van der Waals surface area contributed by atoms with Gasteiger partial charge < -0.3 is 4.90 Å². The number of pyridine rings is 1. The maximum atomic E-state index is 12.2. The van der Waals surface area contributed by atoms with Gasteiger partial charge in [-0.1, -0.05) is 13.0 Å². The summed E-state index contributed by atoms with van der Waals surface area (Å²) in [6.45, 7) is 6.52. The highest BCUT2D eigenvalue weighted by Crippen LogP contribution is 2.22. The molecule has 1 N–H and O–H groups in total. The number of rotatable bonds is 5. The summed E-state index contributed by atoms with van der Waals surface area (Å²) in [6, 6.07) is 7.38. The Morgan fingerprint density at radius 2 is 2.00 bits per heavy atom. The smallest absolute Gasteiger partial charge is 0.250 e. The molecule has 0 spiro atoms. The number of aryl methyl sites for hydroxylation is 1. The van der Waals surface area contributed by atoms with E-state index >= 15 is 0 Å². The van der Waals surface area contributed by atoms with Crippen LogP contribution in [0.15, 0.2) is 34.7 Å². The van der Waals surface area contributed by atoms with Crippen molar-refractivity contribution in [1.29, 1.82) is 0 Å². The fourth-order valence-corrected chi connectivity index (χ4v) is 5.10. The van der Waals surface area contributed by atoms with Gasteiger partial charge in [-0.25, -0.2) is 18.1 Å². The zero-order chi connectivity index (χ0) is 17.2. The van der Waals surface area contributed by atoms with Gasteiger partial charge in [-0.05, 0) is 49.4 Å². The molecule has 7 heteroatoms. The van der Waals surface area contributed by atoms with Crippen molar-refractivity contribution in [2.75, 3.05) is 18.0 Å². The fourth-order valence-electron chi connectivity index (χ4n) is 2.75. The second-order valence-corrected chi connectivity index (χ2v) is 9.67. The van der Waals surface area contributed by atoms with E-state index in [0.717, 1.165) is 35.3 Å². The number of nitrogens with one attached hydrogen (secondary N) is 1. The molecule has 0 unspecified atom stereocenters. The molecule has 0 aliphatic carbocycles. The maximum Gasteiger partial charge on any atom is 0.250 e. The van der Waals surface area contributed by atoms with Crippen molar-refractivity contribution in [3.8, 4) is 0 Å². The number of aromatic nitrogens is 1. The third kappa shape index (κ3) is 4.15. The van der Waals surface area contributed by atoms with Crippen LogP contribution in [-0.4, -0.2) is 26.5 Å². The zero-order valence-corrected chi connectivity index (χ0v) is 15.7. The first kappa shape index (κ1) is 17.4. The molecule has 0 bridgehead atoms. The van der Waals surface area contributed by atoms with Crippen LogP contribution in [0.25, 0.3) is 0 Å². The largest absolute Gasteiger partial charge is 0.357 e. The van der Waals surface area contributed by atoms with Crippen LogP contribution in [0.1, 0.15) is 30.2 Å². The molecule has 3 rings (SSSR count). The molecule has 1 aliphatic heterocycles. The third-order valence-corrected chi connectivity index (χ3v) is 7.26. The molecule has 5 nitrogen and oxygen atoms in total. The Bertz CT molecular complexity index is 776. The SMILES string of the molecule is Cc1ccc(S(=O)(=O)NCc2ccc(N3CCC(C)CC3)nc2)s1. The van der Waals surface area contributed by atoms with Crippen LogP contribution in [-0.2, 0) is 16.6 Å². The van der Waals surface area contributed by atoms with Gasteiger partial charge in [-0.2, -0.15) is 0 Å². The number of anilines is 1. The number of sulfonamides is 1. The zero-order valence-electron chi connectivity index (χ0n) is 14.0. The summed E-state index contributed by atoms with van der Waals surface area (Å²) < 4.78 is 27.5. The van der Waals surface area contributed by atoms with E-state index < -0.39 is 10.0 Å². The van der Waals surface area contributed by atoms with Gasteiger partial charge in [0.25, 0.3) is 0 Å². The van der Waals surface area contributed by atoms with Crippen molar-refractivity contribution >= 4 is 27.2 Å². The number of thiophene rings is 1. The minimum Gasteiger partial charge on any atom is -0.357 e. The van der Waals surface area contributed by atoms with Crippen LogP contribution >= 0.6 is 11.3 Å². The molecule has 0 amide bonds. The highest BCUT2D eigenvalue weighted by atomic mass is 32.2. The summed E-state index contributed by atoms with van der Waals surface area (Å²) in [7, 11) is -3.44. The van der Waals surface area contributed by atoms with E-state index in [1.54, 1.807) is 12.3 Å². The number of hydrogen-bond donors (Lipinski definition) is 1. The minimum atomic E-state index is -3.44. The van der Waals surface area contributed by atoms with Gasteiger partial charge in [0.05, 0.1) is 0 Å². The molecular weight excluding hydrogens is 342 g/mol. The molecular formula is C17H23N3O2S2. The molecule has 1 fully saturated rings. The summed E-state index contributed by atoms with van der Waals surface area (Å²) in [4.78, 5) is 7.78. The average molecular weight is 366 g/mol. The summed E-state index contributed by atoms with van der Waals surface area (Å²) in [5.74, 6) is 1.76. The van der Waals surface area contributed by atoms with Gasteiger partial charge in [0.15, 0.2) is 0 Å². The lowest BCUT2D eigenvalue weighted by Gasteiger charge is -2.31. The minimum absolute atomic E-state index is 0.254. The third-order valence-electron chi connectivity index (χ3n) is 4.36. The molecule has 2 aromatic rings. The highest BCUT2D eigenvalue weighted by Gasteiger charge is 2.18. The predicted molar refractivity (Wildman–Crippen MR) is 97.9 cm³/mol. The van der Waals surface area contributed by atoms with Crippen LogP contribution in [0.3, 0.4) is 0 Å². The highest BCUT2D eigenvalue weighted by molar-refractivity contribution is 7.91.